The lowest BCUT2D eigenvalue weighted by Crippen LogP contribution is -2.26. The molecule has 1 aromatic carbocycles. The number of methoxy groups -OCH3 is 1. The average molecular weight is 310 g/mol. The predicted octanol–water partition coefficient (Wildman–Crippen LogP) is 3.42. The van der Waals surface area contributed by atoms with Crippen LogP contribution in [0.25, 0.3) is 0 Å². The molecule has 124 valence electrons. The third-order valence-corrected chi connectivity index (χ3v) is 3.91. The van der Waals surface area contributed by atoms with Gasteiger partial charge in [0.2, 0.25) is 0 Å². The summed E-state index contributed by atoms with van der Waals surface area (Å²) in [7, 11) is 1.45. The van der Waals surface area contributed by atoms with E-state index in [9.17, 15) is 15.0 Å². The summed E-state index contributed by atoms with van der Waals surface area (Å²) in [4.78, 5) is 10.8. The number of carboxylic acid groups (broad SMARTS) is 1. The van der Waals surface area contributed by atoms with Gasteiger partial charge in [-0.3, -0.25) is 4.79 Å². The smallest absolute Gasteiger partial charge is 0.303 e. The molecular formula is C17H26O5. The number of aromatic hydroxyl groups is 1. The van der Waals surface area contributed by atoms with E-state index in [1.54, 1.807) is 12.1 Å². The largest absolute Gasteiger partial charge is 0.504 e. The van der Waals surface area contributed by atoms with E-state index in [0.717, 1.165) is 25.7 Å². The van der Waals surface area contributed by atoms with Crippen molar-refractivity contribution in [3.63, 3.8) is 0 Å². The van der Waals surface area contributed by atoms with E-state index >= 15 is 0 Å². The molecule has 0 saturated heterocycles. The highest BCUT2D eigenvalue weighted by Gasteiger charge is 2.30. The van der Waals surface area contributed by atoms with Gasteiger partial charge in [-0.1, -0.05) is 38.7 Å². The first-order chi connectivity index (χ1) is 10.4. The van der Waals surface area contributed by atoms with Crippen LogP contribution in [0.3, 0.4) is 0 Å². The number of hydrogen-bond donors (Lipinski definition) is 3. The third kappa shape index (κ3) is 5.22. The maximum Gasteiger partial charge on any atom is 0.303 e. The predicted molar refractivity (Wildman–Crippen MR) is 84.2 cm³/mol. The van der Waals surface area contributed by atoms with Gasteiger partial charge in [-0.05, 0) is 30.5 Å². The number of ether oxygens (including phenoxy) is 1. The van der Waals surface area contributed by atoms with Crippen LogP contribution in [0.5, 0.6) is 11.5 Å². The summed E-state index contributed by atoms with van der Waals surface area (Å²) in [6.07, 6.45) is 4.48. The van der Waals surface area contributed by atoms with Crippen molar-refractivity contribution in [1.29, 1.82) is 0 Å². The van der Waals surface area contributed by atoms with Gasteiger partial charge in [0, 0.05) is 6.42 Å². The van der Waals surface area contributed by atoms with Crippen molar-refractivity contribution < 1.29 is 24.9 Å². The highest BCUT2D eigenvalue weighted by Crippen LogP contribution is 2.37. The number of aliphatic carboxylic acids is 1. The first kappa shape index (κ1) is 18.3. The molecule has 1 atom stereocenters. The minimum atomic E-state index is -1.24. The maximum absolute atomic E-state index is 10.9. The topological polar surface area (TPSA) is 87.0 Å². The minimum Gasteiger partial charge on any atom is -0.504 e. The molecule has 22 heavy (non-hydrogen) atoms. The van der Waals surface area contributed by atoms with Crippen molar-refractivity contribution in [2.24, 2.45) is 0 Å². The van der Waals surface area contributed by atoms with Gasteiger partial charge in [0.15, 0.2) is 11.5 Å². The van der Waals surface area contributed by atoms with Crippen molar-refractivity contribution in [2.45, 2.75) is 57.5 Å². The Kier molecular flexibility index (Phi) is 7.18. The van der Waals surface area contributed by atoms with Crippen LogP contribution in [0.4, 0.5) is 0 Å². The van der Waals surface area contributed by atoms with Gasteiger partial charge in [-0.25, -0.2) is 0 Å². The van der Waals surface area contributed by atoms with E-state index in [-0.39, 0.29) is 18.6 Å². The highest BCUT2D eigenvalue weighted by molar-refractivity contribution is 5.66. The van der Waals surface area contributed by atoms with Crippen LogP contribution in [0.2, 0.25) is 0 Å². The number of unbranched alkanes of at least 4 members (excludes halogenated alkanes) is 3. The lowest BCUT2D eigenvalue weighted by Gasteiger charge is -2.29. The Labute approximate surface area is 131 Å². The number of benzene rings is 1. The molecule has 5 heteroatoms. The molecular weight excluding hydrogens is 284 g/mol. The van der Waals surface area contributed by atoms with Gasteiger partial charge in [0.1, 0.15) is 0 Å². The van der Waals surface area contributed by atoms with Crippen LogP contribution in [0.1, 0.15) is 57.4 Å². The number of phenolic OH excluding ortho intramolecular Hbond substituents is 1. The number of phenols is 1. The molecule has 0 aliphatic rings. The van der Waals surface area contributed by atoms with Gasteiger partial charge in [-0.15, -0.1) is 0 Å². The summed E-state index contributed by atoms with van der Waals surface area (Å²) in [5.74, 6) is -0.664. The van der Waals surface area contributed by atoms with E-state index in [0.29, 0.717) is 17.7 Å². The van der Waals surface area contributed by atoms with E-state index in [2.05, 4.69) is 6.92 Å². The number of carbonyl (C=O) groups is 1. The number of rotatable bonds is 10. The maximum atomic E-state index is 10.9. The second-order valence-corrected chi connectivity index (χ2v) is 5.62. The minimum absolute atomic E-state index is 0.0534. The van der Waals surface area contributed by atoms with E-state index < -0.39 is 11.6 Å². The van der Waals surface area contributed by atoms with Gasteiger partial charge < -0.3 is 20.1 Å². The van der Waals surface area contributed by atoms with Crippen LogP contribution in [0, 0.1) is 0 Å². The Morgan fingerprint density at radius 3 is 2.50 bits per heavy atom. The lowest BCUT2D eigenvalue weighted by atomic mass is 9.84. The van der Waals surface area contributed by atoms with Gasteiger partial charge in [-0.2, -0.15) is 0 Å². The van der Waals surface area contributed by atoms with E-state index in [1.165, 1.54) is 13.2 Å². The number of aliphatic hydroxyl groups is 1. The highest BCUT2D eigenvalue weighted by atomic mass is 16.5. The fourth-order valence-electron chi connectivity index (χ4n) is 2.55. The molecule has 0 aliphatic carbocycles. The first-order valence-corrected chi connectivity index (χ1v) is 7.74. The van der Waals surface area contributed by atoms with Gasteiger partial charge in [0.05, 0.1) is 12.7 Å². The molecule has 0 aromatic heterocycles. The van der Waals surface area contributed by atoms with Crippen molar-refractivity contribution in [2.75, 3.05) is 7.11 Å². The molecule has 0 amide bonds. The fourth-order valence-corrected chi connectivity index (χ4v) is 2.55. The molecule has 0 saturated carbocycles. The molecule has 0 heterocycles. The standard InChI is InChI=1S/C17H26O5/c1-3-4-5-6-10-17(21,11-9-16(19)20)13-7-8-15(22-2)14(18)12-13/h7-8,12,18,21H,3-6,9-11H2,1-2H3,(H,19,20). The molecule has 0 aliphatic heterocycles. The molecule has 5 nitrogen and oxygen atoms in total. The summed E-state index contributed by atoms with van der Waals surface area (Å²) in [5, 5.41) is 29.7. The quantitative estimate of drug-likeness (QED) is 0.576. The second kappa shape index (κ2) is 8.63. The lowest BCUT2D eigenvalue weighted by molar-refractivity contribution is -0.138. The monoisotopic (exact) mass is 310 g/mol. The zero-order valence-electron chi connectivity index (χ0n) is 13.3. The average Bonchev–Trinajstić information content (AvgIpc) is 2.49. The van der Waals surface area contributed by atoms with E-state index in [1.807, 2.05) is 0 Å². The van der Waals surface area contributed by atoms with Gasteiger partial charge in [0.25, 0.3) is 0 Å². The summed E-state index contributed by atoms with van der Waals surface area (Å²) >= 11 is 0. The summed E-state index contributed by atoms with van der Waals surface area (Å²) in [5.41, 5.74) is -0.709. The number of hydrogen-bond acceptors (Lipinski definition) is 4. The van der Waals surface area contributed by atoms with Crippen LogP contribution in [0.15, 0.2) is 18.2 Å². The fraction of sp³-hybridized carbons (Fsp3) is 0.588. The molecule has 3 N–H and O–H groups in total. The molecule has 1 rings (SSSR count). The van der Waals surface area contributed by atoms with Crippen LogP contribution < -0.4 is 4.74 Å². The van der Waals surface area contributed by atoms with E-state index in [4.69, 9.17) is 9.84 Å². The Balaban J connectivity index is 2.92. The summed E-state index contributed by atoms with van der Waals surface area (Å²) in [6.45, 7) is 2.11. The summed E-state index contributed by atoms with van der Waals surface area (Å²) in [6, 6.07) is 4.73. The zero-order chi connectivity index (χ0) is 16.6. The van der Waals surface area contributed by atoms with Crippen molar-refractivity contribution in [1.82, 2.24) is 0 Å². The Morgan fingerprint density at radius 1 is 1.23 bits per heavy atom. The van der Waals surface area contributed by atoms with Gasteiger partial charge >= 0.3 is 5.97 Å². The SMILES string of the molecule is CCCCCCC(O)(CCC(=O)O)c1ccc(OC)c(O)c1. The third-order valence-electron chi connectivity index (χ3n) is 3.91. The Bertz CT molecular complexity index is 486. The molecule has 0 radical (unpaired) electrons. The van der Waals surface area contributed by atoms with Crippen molar-refractivity contribution in [3.8, 4) is 11.5 Å². The first-order valence-electron chi connectivity index (χ1n) is 7.74. The molecule has 0 fully saturated rings. The zero-order valence-corrected chi connectivity index (χ0v) is 13.3. The van der Waals surface area contributed by atoms with Crippen LogP contribution in [-0.2, 0) is 10.4 Å². The van der Waals surface area contributed by atoms with Crippen LogP contribution >= 0.6 is 0 Å². The summed E-state index contributed by atoms with van der Waals surface area (Å²) < 4.78 is 5.00. The van der Waals surface area contributed by atoms with Crippen molar-refractivity contribution in [3.05, 3.63) is 23.8 Å². The molecule has 1 aromatic rings. The normalized spacial score (nSPS) is 13.6. The number of carboxylic acids is 1. The molecule has 0 bridgehead atoms. The molecule has 1 unspecified atom stereocenters. The van der Waals surface area contributed by atoms with Crippen molar-refractivity contribution >= 4 is 5.97 Å². The van der Waals surface area contributed by atoms with Crippen LogP contribution in [-0.4, -0.2) is 28.4 Å². The second-order valence-electron chi connectivity index (χ2n) is 5.62. The Morgan fingerprint density at radius 2 is 1.95 bits per heavy atom. The molecule has 0 spiro atoms. The Hall–Kier alpha value is -1.75.